The molecular weight excluding hydrogens is 180 g/mol. The smallest absolute Gasteiger partial charge is 0.0409 e. The van der Waals surface area contributed by atoms with Crippen LogP contribution < -0.4 is 0 Å². The minimum Gasteiger partial charge on any atom is -0.0843 e. The van der Waals surface area contributed by atoms with Crippen molar-refractivity contribution in [2.24, 2.45) is 0 Å². The van der Waals surface area contributed by atoms with Crippen LogP contribution in [0.5, 0.6) is 0 Å². The van der Waals surface area contributed by atoms with Gasteiger partial charge in [0.1, 0.15) is 0 Å². The van der Waals surface area contributed by atoms with Gasteiger partial charge < -0.3 is 0 Å². The van der Waals surface area contributed by atoms with E-state index in [-0.39, 0.29) is 0 Å². The fourth-order valence-electron chi connectivity index (χ4n) is 1.82. The summed E-state index contributed by atoms with van der Waals surface area (Å²) >= 11 is 5.99. The fourth-order valence-corrected chi connectivity index (χ4v) is 2.00. The van der Waals surface area contributed by atoms with Gasteiger partial charge in [-0.1, -0.05) is 31.5 Å². The molecule has 2 rings (SSSR count). The molecule has 1 aliphatic rings. The lowest BCUT2D eigenvalue weighted by Gasteiger charge is -2.12. The molecule has 1 aromatic carbocycles. The Hall–Kier alpha value is -0.490. The van der Waals surface area contributed by atoms with E-state index in [9.17, 15) is 0 Å². The summed E-state index contributed by atoms with van der Waals surface area (Å²) in [5.41, 5.74) is 2.97. The van der Waals surface area contributed by atoms with Gasteiger partial charge in [-0.25, -0.2) is 0 Å². The summed E-state index contributed by atoms with van der Waals surface area (Å²) in [7, 11) is 0. The van der Waals surface area contributed by atoms with Crippen LogP contribution in [-0.4, -0.2) is 0 Å². The van der Waals surface area contributed by atoms with Gasteiger partial charge in [-0.3, -0.25) is 0 Å². The molecule has 0 atom stereocenters. The maximum Gasteiger partial charge on any atom is 0.0409 e. The molecule has 70 valence electrons. The Labute approximate surface area is 84.9 Å². The second-order valence-electron chi connectivity index (χ2n) is 4.20. The Morgan fingerprint density at radius 1 is 1.31 bits per heavy atom. The number of rotatable bonds is 2. The highest BCUT2D eigenvalue weighted by atomic mass is 35.5. The fraction of sp³-hybridized carbons (Fsp3) is 0.500. The molecule has 1 aromatic rings. The summed E-state index contributed by atoms with van der Waals surface area (Å²) in [4.78, 5) is 0. The number of hydrogen-bond donors (Lipinski definition) is 0. The van der Waals surface area contributed by atoms with Crippen LogP contribution in [0, 0.1) is 0 Å². The summed E-state index contributed by atoms with van der Waals surface area (Å²) in [6, 6.07) is 6.33. The van der Waals surface area contributed by atoms with Gasteiger partial charge in [-0.05, 0) is 47.9 Å². The van der Waals surface area contributed by atoms with E-state index in [1.807, 2.05) is 6.07 Å². The maximum atomic E-state index is 5.99. The van der Waals surface area contributed by atoms with E-state index < -0.39 is 0 Å². The zero-order chi connectivity index (χ0) is 9.42. The second-order valence-corrected chi connectivity index (χ2v) is 4.64. The Morgan fingerprint density at radius 2 is 2.00 bits per heavy atom. The minimum atomic E-state index is 0.618. The predicted molar refractivity (Wildman–Crippen MR) is 57.5 cm³/mol. The third-order valence-electron chi connectivity index (χ3n) is 2.69. The van der Waals surface area contributed by atoms with E-state index in [4.69, 9.17) is 11.6 Å². The van der Waals surface area contributed by atoms with Crippen molar-refractivity contribution in [3.05, 3.63) is 34.3 Å². The van der Waals surface area contributed by atoms with Gasteiger partial charge in [0.2, 0.25) is 0 Å². The van der Waals surface area contributed by atoms with Gasteiger partial charge in [0.15, 0.2) is 0 Å². The van der Waals surface area contributed by atoms with Crippen LogP contribution in [0.15, 0.2) is 18.2 Å². The summed E-state index contributed by atoms with van der Waals surface area (Å²) in [5, 5.41) is 0.881. The van der Waals surface area contributed by atoms with Gasteiger partial charge >= 0.3 is 0 Å². The molecule has 0 heterocycles. The van der Waals surface area contributed by atoms with Crippen molar-refractivity contribution in [2.75, 3.05) is 0 Å². The average molecular weight is 195 g/mol. The molecule has 0 amide bonds. The Morgan fingerprint density at radius 3 is 2.54 bits per heavy atom. The van der Waals surface area contributed by atoms with Crippen LogP contribution in [0.2, 0.25) is 5.02 Å². The SMILES string of the molecule is CC(C)c1ccc(Cl)cc1C1CC1. The maximum absolute atomic E-state index is 5.99. The van der Waals surface area contributed by atoms with Crippen molar-refractivity contribution in [2.45, 2.75) is 38.5 Å². The highest BCUT2D eigenvalue weighted by Crippen LogP contribution is 2.44. The monoisotopic (exact) mass is 194 g/mol. The van der Waals surface area contributed by atoms with Crippen molar-refractivity contribution in [3.63, 3.8) is 0 Å². The molecule has 0 bridgehead atoms. The minimum absolute atomic E-state index is 0.618. The van der Waals surface area contributed by atoms with Crippen molar-refractivity contribution in [3.8, 4) is 0 Å². The van der Waals surface area contributed by atoms with Crippen LogP contribution in [-0.2, 0) is 0 Å². The standard InChI is InChI=1S/C12H15Cl/c1-8(2)11-6-5-10(13)7-12(11)9-3-4-9/h5-9H,3-4H2,1-2H3. The largest absolute Gasteiger partial charge is 0.0843 e. The number of halogens is 1. The van der Waals surface area contributed by atoms with E-state index in [0.717, 1.165) is 10.9 Å². The Bertz CT molecular complexity index is 311. The van der Waals surface area contributed by atoms with Crippen molar-refractivity contribution in [1.29, 1.82) is 0 Å². The second kappa shape index (κ2) is 3.34. The number of benzene rings is 1. The summed E-state index contributed by atoms with van der Waals surface area (Å²) < 4.78 is 0. The summed E-state index contributed by atoms with van der Waals surface area (Å²) in [5.74, 6) is 1.42. The van der Waals surface area contributed by atoms with Crippen LogP contribution in [0.25, 0.3) is 0 Å². The first-order chi connectivity index (χ1) is 6.18. The van der Waals surface area contributed by atoms with Crippen molar-refractivity contribution >= 4 is 11.6 Å². The van der Waals surface area contributed by atoms with Crippen molar-refractivity contribution < 1.29 is 0 Å². The first-order valence-corrected chi connectivity index (χ1v) is 5.35. The van der Waals surface area contributed by atoms with Crippen molar-refractivity contribution in [1.82, 2.24) is 0 Å². The highest BCUT2D eigenvalue weighted by Gasteiger charge is 2.26. The molecule has 0 aromatic heterocycles. The van der Waals surface area contributed by atoms with E-state index in [1.165, 1.54) is 24.0 Å². The Kier molecular flexibility index (Phi) is 2.33. The normalized spacial score (nSPS) is 16.6. The first kappa shape index (κ1) is 9.08. The van der Waals surface area contributed by atoms with Crippen LogP contribution in [0.3, 0.4) is 0 Å². The van der Waals surface area contributed by atoms with Crippen LogP contribution >= 0.6 is 11.6 Å². The topological polar surface area (TPSA) is 0 Å². The summed E-state index contributed by atoms with van der Waals surface area (Å²) in [6.45, 7) is 4.49. The lowest BCUT2D eigenvalue weighted by atomic mass is 9.95. The lowest BCUT2D eigenvalue weighted by molar-refractivity contribution is 0.842. The first-order valence-electron chi connectivity index (χ1n) is 4.98. The molecule has 0 unspecified atom stereocenters. The van der Waals surface area contributed by atoms with Gasteiger partial charge in [0, 0.05) is 5.02 Å². The highest BCUT2D eigenvalue weighted by molar-refractivity contribution is 6.30. The molecule has 0 spiro atoms. The molecule has 0 N–H and O–H groups in total. The zero-order valence-electron chi connectivity index (χ0n) is 8.18. The molecule has 0 nitrogen and oxygen atoms in total. The van der Waals surface area contributed by atoms with Gasteiger partial charge in [0.25, 0.3) is 0 Å². The molecule has 0 saturated heterocycles. The average Bonchev–Trinajstić information content (AvgIpc) is 2.85. The van der Waals surface area contributed by atoms with E-state index in [1.54, 1.807) is 0 Å². The van der Waals surface area contributed by atoms with Gasteiger partial charge in [-0.15, -0.1) is 0 Å². The molecular formula is C12H15Cl. The van der Waals surface area contributed by atoms with Gasteiger partial charge in [0.05, 0.1) is 0 Å². The van der Waals surface area contributed by atoms with Crippen LogP contribution in [0.1, 0.15) is 49.7 Å². The molecule has 1 aliphatic carbocycles. The molecule has 1 fully saturated rings. The quantitative estimate of drug-likeness (QED) is 0.657. The third-order valence-corrected chi connectivity index (χ3v) is 2.92. The molecule has 0 aliphatic heterocycles. The van der Waals surface area contributed by atoms with E-state index in [2.05, 4.69) is 26.0 Å². The Balaban J connectivity index is 2.42. The predicted octanol–water partition coefficient (Wildman–Crippen LogP) is 4.34. The summed E-state index contributed by atoms with van der Waals surface area (Å²) in [6.07, 6.45) is 2.69. The molecule has 1 saturated carbocycles. The molecule has 0 radical (unpaired) electrons. The van der Waals surface area contributed by atoms with E-state index >= 15 is 0 Å². The lowest BCUT2D eigenvalue weighted by Crippen LogP contribution is -1.94. The van der Waals surface area contributed by atoms with Crippen LogP contribution in [0.4, 0.5) is 0 Å². The third kappa shape index (κ3) is 1.88. The molecule has 13 heavy (non-hydrogen) atoms. The molecule has 1 heteroatoms. The van der Waals surface area contributed by atoms with Gasteiger partial charge in [-0.2, -0.15) is 0 Å². The number of hydrogen-bond acceptors (Lipinski definition) is 0. The zero-order valence-corrected chi connectivity index (χ0v) is 8.93. The van der Waals surface area contributed by atoms with E-state index in [0.29, 0.717) is 5.92 Å².